The number of nitrogens with two attached hydrogens (primary N) is 1. The first-order valence-electron chi connectivity index (χ1n) is 5.95. The maximum Gasteiger partial charge on any atom is 0.268 e. The lowest BCUT2D eigenvalue weighted by Gasteiger charge is -2.11. The Labute approximate surface area is 114 Å². The Kier molecular flexibility index (Phi) is 2.50. The van der Waals surface area contributed by atoms with Crippen molar-refractivity contribution in [2.75, 3.05) is 10.6 Å². The number of nitrogen functional groups attached to an aromatic ring is 1. The second kappa shape index (κ2) is 4.09. The number of amides is 2. The van der Waals surface area contributed by atoms with Gasteiger partial charge in [0.05, 0.1) is 22.5 Å². The molecule has 1 aromatic carbocycles. The van der Waals surface area contributed by atoms with Crippen LogP contribution in [0.4, 0.5) is 11.6 Å². The number of benzene rings is 1. The van der Waals surface area contributed by atoms with Crippen molar-refractivity contribution in [1.82, 2.24) is 15.2 Å². The number of nitrogens with zero attached hydrogens (tertiary/aromatic N) is 4. The fourth-order valence-electron chi connectivity index (χ4n) is 1.98. The van der Waals surface area contributed by atoms with Crippen molar-refractivity contribution < 1.29 is 9.59 Å². The summed E-state index contributed by atoms with van der Waals surface area (Å²) >= 11 is 0. The Bertz CT molecular complexity index is 756. The highest BCUT2D eigenvalue weighted by molar-refractivity contribution is 6.34. The smallest absolute Gasteiger partial charge is 0.268 e. The number of hydrogen-bond donors (Lipinski definition) is 1. The van der Waals surface area contributed by atoms with Gasteiger partial charge in [-0.25, -0.2) is 9.88 Å². The van der Waals surface area contributed by atoms with Crippen molar-refractivity contribution in [2.24, 2.45) is 0 Å². The van der Waals surface area contributed by atoms with Crippen LogP contribution in [0, 0.1) is 13.8 Å². The summed E-state index contributed by atoms with van der Waals surface area (Å²) in [6.45, 7) is 3.49. The number of rotatable bonds is 1. The van der Waals surface area contributed by atoms with Gasteiger partial charge in [0.1, 0.15) is 0 Å². The van der Waals surface area contributed by atoms with Crippen LogP contribution in [0.15, 0.2) is 18.2 Å². The predicted octanol–water partition coefficient (Wildman–Crippen LogP) is 0.871. The van der Waals surface area contributed by atoms with Gasteiger partial charge in [-0.3, -0.25) is 9.59 Å². The molecule has 0 bridgehead atoms. The topological polar surface area (TPSA) is 102 Å². The van der Waals surface area contributed by atoms with Gasteiger partial charge in [-0.05, 0) is 32.0 Å². The maximum absolute atomic E-state index is 12.3. The third-order valence-corrected chi connectivity index (χ3v) is 3.19. The summed E-state index contributed by atoms with van der Waals surface area (Å²) in [4.78, 5) is 29.6. The number of aromatic nitrogens is 3. The molecule has 0 atom stereocenters. The SMILES string of the molecule is Cc1nnc(N2C(=O)c3ccc(N)cc3C2=O)nc1C. The van der Waals surface area contributed by atoms with Crippen molar-refractivity contribution in [3.8, 4) is 0 Å². The molecular weight excluding hydrogens is 258 g/mol. The van der Waals surface area contributed by atoms with Gasteiger partial charge in [0, 0.05) is 5.69 Å². The predicted molar refractivity (Wildman–Crippen MR) is 71.3 cm³/mol. The summed E-state index contributed by atoms with van der Waals surface area (Å²) in [7, 11) is 0. The van der Waals surface area contributed by atoms with Gasteiger partial charge in [0.15, 0.2) is 0 Å². The first-order chi connectivity index (χ1) is 9.49. The summed E-state index contributed by atoms with van der Waals surface area (Å²) in [5.41, 5.74) is 7.89. The van der Waals surface area contributed by atoms with E-state index in [1.165, 1.54) is 12.1 Å². The molecule has 7 nitrogen and oxygen atoms in total. The average molecular weight is 269 g/mol. The number of aryl methyl sites for hydroxylation is 2. The molecule has 100 valence electrons. The molecule has 2 N–H and O–H groups in total. The Morgan fingerprint density at radius 2 is 1.70 bits per heavy atom. The third-order valence-electron chi connectivity index (χ3n) is 3.19. The molecule has 1 aromatic heterocycles. The van der Waals surface area contributed by atoms with Gasteiger partial charge in [-0.2, -0.15) is 5.10 Å². The van der Waals surface area contributed by atoms with Crippen LogP contribution >= 0.6 is 0 Å². The summed E-state index contributed by atoms with van der Waals surface area (Å²) < 4.78 is 0. The molecule has 2 heterocycles. The molecule has 0 spiro atoms. The number of anilines is 2. The van der Waals surface area contributed by atoms with E-state index in [1.54, 1.807) is 19.9 Å². The van der Waals surface area contributed by atoms with E-state index >= 15 is 0 Å². The highest BCUT2D eigenvalue weighted by Gasteiger charge is 2.38. The minimum atomic E-state index is -0.484. The van der Waals surface area contributed by atoms with Crippen LogP contribution in [0.2, 0.25) is 0 Å². The molecule has 0 unspecified atom stereocenters. The Hall–Kier alpha value is -2.83. The normalized spacial score (nSPS) is 13.8. The number of fused-ring (bicyclic) bond motifs is 1. The van der Waals surface area contributed by atoms with E-state index in [4.69, 9.17) is 5.73 Å². The van der Waals surface area contributed by atoms with Crippen molar-refractivity contribution in [1.29, 1.82) is 0 Å². The van der Waals surface area contributed by atoms with Gasteiger partial charge in [0.25, 0.3) is 17.8 Å². The number of hydrogen-bond acceptors (Lipinski definition) is 6. The molecule has 7 heteroatoms. The van der Waals surface area contributed by atoms with Crippen molar-refractivity contribution in [2.45, 2.75) is 13.8 Å². The standard InChI is InChI=1S/C13H11N5O2/c1-6-7(2)16-17-13(15-6)18-11(19)9-4-3-8(14)5-10(9)12(18)20/h3-5H,14H2,1-2H3. The van der Waals surface area contributed by atoms with Crippen LogP contribution in [0.3, 0.4) is 0 Å². The van der Waals surface area contributed by atoms with Crippen LogP contribution in [-0.4, -0.2) is 27.0 Å². The molecule has 0 saturated carbocycles. The second-order valence-corrected chi connectivity index (χ2v) is 4.53. The molecule has 0 radical (unpaired) electrons. The summed E-state index contributed by atoms with van der Waals surface area (Å²) in [5.74, 6) is -0.963. The van der Waals surface area contributed by atoms with E-state index in [-0.39, 0.29) is 11.5 Å². The van der Waals surface area contributed by atoms with Crippen LogP contribution in [0.25, 0.3) is 0 Å². The van der Waals surface area contributed by atoms with Crippen LogP contribution in [0.5, 0.6) is 0 Å². The molecule has 2 amide bonds. The fraction of sp³-hybridized carbons (Fsp3) is 0.154. The van der Waals surface area contributed by atoms with Crippen molar-refractivity contribution >= 4 is 23.5 Å². The molecule has 1 aliphatic heterocycles. The quantitative estimate of drug-likeness (QED) is 0.608. The minimum absolute atomic E-state index is 0.0159. The zero-order chi connectivity index (χ0) is 14.4. The first-order valence-corrected chi connectivity index (χ1v) is 5.95. The zero-order valence-electron chi connectivity index (χ0n) is 10.9. The molecule has 0 aliphatic carbocycles. The van der Waals surface area contributed by atoms with Gasteiger partial charge in [-0.15, -0.1) is 5.10 Å². The molecule has 1 aliphatic rings. The van der Waals surface area contributed by atoms with Crippen molar-refractivity contribution in [3.63, 3.8) is 0 Å². The van der Waals surface area contributed by atoms with Gasteiger partial charge in [-0.1, -0.05) is 0 Å². The number of imide groups is 1. The molecule has 2 aromatic rings. The fourth-order valence-corrected chi connectivity index (χ4v) is 1.98. The third kappa shape index (κ3) is 1.63. The Morgan fingerprint density at radius 1 is 1.00 bits per heavy atom. The average Bonchev–Trinajstić information content (AvgIpc) is 2.65. The molecule has 3 rings (SSSR count). The van der Waals surface area contributed by atoms with Gasteiger partial charge >= 0.3 is 0 Å². The van der Waals surface area contributed by atoms with E-state index in [1.807, 2.05) is 0 Å². The summed E-state index contributed by atoms with van der Waals surface area (Å²) in [6, 6.07) is 4.58. The molecule has 0 fully saturated rings. The molecule has 20 heavy (non-hydrogen) atoms. The van der Waals surface area contributed by atoms with Gasteiger partial charge in [0.2, 0.25) is 0 Å². The lowest BCUT2D eigenvalue weighted by Crippen LogP contribution is -2.31. The second-order valence-electron chi connectivity index (χ2n) is 4.53. The monoisotopic (exact) mass is 269 g/mol. The van der Waals surface area contributed by atoms with Crippen LogP contribution < -0.4 is 10.6 Å². The number of carbonyl (C=O) groups is 2. The van der Waals surface area contributed by atoms with Crippen molar-refractivity contribution in [3.05, 3.63) is 40.7 Å². The van der Waals surface area contributed by atoms with Crippen LogP contribution in [0.1, 0.15) is 32.1 Å². The molecule has 0 saturated heterocycles. The summed E-state index contributed by atoms with van der Waals surface area (Å²) in [6.07, 6.45) is 0. The molecular formula is C13H11N5O2. The lowest BCUT2D eigenvalue weighted by molar-refractivity contribution is 0.0923. The Balaban J connectivity index is 2.11. The van der Waals surface area contributed by atoms with E-state index in [0.29, 0.717) is 22.6 Å². The zero-order valence-corrected chi connectivity index (χ0v) is 10.9. The van der Waals surface area contributed by atoms with Gasteiger partial charge < -0.3 is 5.73 Å². The van der Waals surface area contributed by atoms with E-state index in [0.717, 1.165) is 4.90 Å². The minimum Gasteiger partial charge on any atom is -0.399 e. The Morgan fingerprint density at radius 3 is 2.40 bits per heavy atom. The largest absolute Gasteiger partial charge is 0.399 e. The van der Waals surface area contributed by atoms with E-state index < -0.39 is 11.8 Å². The van der Waals surface area contributed by atoms with E-state index in [9.17, 15) is 9.59 Å². The first kappa shape index (κ1) is 12.2. The highest BCUT2D eigenvalue weighted by Crippen LogP contribution is 2.27. The summed E-state index contributed by atoms with van der Waals surface area (Å²) in [5, 5.41) is 7.71. The van der Waals surface area contributed by atoms with E-state index in [2.05, 4.69) is 15.2 Å². The number of carbonyl (C=O) groups excluding carboxylic acids is 2. The lowest BCUT2D eigenvalue weighted by atomic mass is 10.1. The van der Waals surface area contributed by atoms with Crippen LogP contribution in [-0.2, 0) is 0 Å². The highest BCUT2D eigenvalue weighted by atomic mass is 16.2. The maximum atomic E-state index is 12.3.